The van der Waals surface area contributed by atoms with E-state index in [4.69, 9.17) is 10.5 Å². The largest absolute Gasteiger partial charge is 0.480 e. The maximum Gasteiger partial charge on any atom is 0.326 e. The zero-order chi connectivity index (χ0) is 32.5. The molecule has 0 aromatic rings. The molecule has 0 aliphatic heterocycles. The van der Waals surface area contributed by atoms with Gasteiger partial charge in [0.15, 0.2) is 0 Å². The molecule has 252 valence electrons. The molecule has 0 spiro atoms. The smallest absolute Gasteiger partial charge is 0.326 e. The molecule has 4 N–H and O–H groups in total. The highest BCUT2D eigenvalue weighted by molar-refractivity contribution is 5.83. The highest BCUT2D eigenvalue weighted by Crippen LogP contribution is 2.12. The summed E-state index contributed by atoms with van der Waals surface area (Å²) in [7, 11) is 0. The van der Waals surface area contributed by atoms with Gasteiger partial charge in [0.2, 0.25) is 5.91 Å². The predicted octanol–water partition coefficient (Wildman–Crippen LogP) is 8.88. The maximum atomic E-state index is 12.5. The Kier molecular flexibility index (Phi) is 29.8. The highest BCUT2D eigenvalue weighted by Gasteiger charge is 2.18. The van der Waals surface area contributed by atoms with Gasteiger partial charge < -0.3 is 20.9 Å². The predicted molar refractivity (Wildman–Crippen MR) is 183 cm³/mol. The molecule has 0 aromatic carbocycles. The molecular formula is C37H64N2O5. The van der Waals surface area contributed by atoms with E-state index in [-0.39, 0.29) is 18.0 Å². The van der Waals surface area contributed by atoms with Gasteiger partial charge in [0.1, 0.15) is 12.1 Å². The Bertz CT molecular complexity index is 834. The van der Waals surface area contributed by atoms with Crippen molar-refractivity contribution in [2.24, 2.45) is 5.73 Å². The molecule has 2 atom stereocenters. The van der Waals surface area contributed by atoms with E-state index in [1.165, 1.54) is 44.9 Å². The molecule has 7 heteroatoms. The molecule has 2 unspecified atom stereocenters. The molecule has 1 amide bonds. The van der Waals surface area contributed by atoms with Crippen molar-refractivity contribution in [1.82, 2.24) is 5.32 Å². The molecule has 7 nitrogen and oxygen atoms in total. The van der Waals surface area contributed by atoms with Gasteiger partial charge in [0, 0.05) is 12.8 Å². The number of nitrogens with one attached hydrogen (secondary N) is 1. The van der Waals surface area contributed by atoms with E-state index in [0.29, 0.717) is 38.6 Å². The SMILES string of the molecule is CC/C=C\C/C=C\C(/C=C\CCCCCC(=O)NC(CCCN)C(=O)O)OC(=O)CCCCCCC/C=C\CCCCCC. The first kappa shape index (κ1) is 41.3. The van der Waals surface area contributed by atoms with Crippen LogP contribution in [0.5, 0.6) is 0 Å². The third kappa shape index (κ3) is 28.1. The molecular weight excluding hydrogens is 552 g/mol. The second kappa shape index (κ2) is 31.7. The average Bonchev–Trinajstić information content (AvgIpc) is 3.00. The van der Waals surface area contributed by atoms with Crippen molar-refractivity contribution in [3.8, 4) is 0 Å². The van der Waals surface area contributed by atoms with Crippen LogP contribution < -0.4 is 11.1 Å². The van der Waals surface area contributed by atoms with E-state index >= 15 is 0 Å². The number of aliphatic carboxylic acids is 1. The Labute approximate surface area is 268 Å². The molecule has 0 aliphatic rings. The Morgan fingerprint density at radius 3 is 1.95 bits per heavy atom. The highest BCUT2D eigenvalue weighted by atomic mass is 16.5. The first-order chi connectivity index (χ1) is 21.4. The lowest BCUT2D eigenvalue weighted by Crippen LogP contribution is -2.40. The number of ether oxygens (including phenoxy) is 1. The summed E-state index contributed by atoms with van der Waals surface area (Å²) < 4.78 is 5.75. The Balaban J connectivity index is 4.30. The standard InChI is InChI=1S/C37H64N2O5/c1-3-5-7-9-10-11-12-13-14-15-16-21-25-31-36(41)44-33(27-22-18-8-6-4-2)28-23-19-17-20-24-30-35(40)39-34(37(42)43)29-26-32-38/h6,8,11-12,22-23,27-28,33-34H,3-5,7,9-10,13-21,24-26,29-32,38H2,1-2H3,(H,39,40)(H,42,43)/b8-6-,12-11-,27-22-,28-23-. The van der Waals surface area contributed by atoms with Crippen LogP contribution in [0.25, 0.3) is 0 Å². The number of carboxylic acids is 1. The lowest BCUT2D eigenvalue weighted by molar-refractivity contribution is -0.145. The fourth-order valence-corrected chi connectivity index (χ4v) is 4.69. The van der Waals surface area contributed by atoms with Crippen LogP contribution in [-0.4, -0.2) is 41.6 Å². The molecule has 0 rings (SSSR count). The van der Waals surface area contributed by atoms with Crippen LogP contribution in [0.4, 0.5) is 0 Å². The molecule has 44 heavy (non-hydrogen) atoms. The van der Waals surface area contributed by atoms with Crippen molar-refractivity contribution in [3.05, 3.63) is 48.6 Å². The molecule has 0 aliphatic carbocycles. The number of amides is 1. The number of allylic oxidation sites excluding steroid dienone is 6. The second-order valence-electron chi connectivity index (χ2n) is 11.5. The fourth-order valence-electron chi connectivity index (χ4n) is 4.69. The zero-order valence-corrected chi connectivity index (χ0v) is 28.0. The number of nitrogens with two attached hydrogens (primary N) is 1. The molecule has 0 radical (unpaired) electrons. The zero-order valence-electron chi connectivity index (χ0n) is 28.0. The van der Waals surface area contributed by atoms with Crippen molar-refractivity contribution in [2.45, 2.75) is 161 Å². The summed E-state index contributed by atoms with van der Waals surface area (Å²) in [5, 5.41) is 11.8. The van der Waals surface area contributed by atoms with Gasteiger partial charge in [-0.15, -0.1) is 0 Å². The number of hydrogen-bond donors (Lipinski definition) is 3. The Morgan fingerprint density at radius 1 is 0.705 bits per heavy atom. The molecule has 0 aromatic heterocycles. The van der Waals surface area contributed by atoms with Crippen LogP contribution in [-0.2, 0) is 19.1 Å². The van der Waals surface area contributed by atoms with Crippen molar-refractivity contribution in [2.75, 3.05) is 6.54 Å². The quantitative estimate of drug-likeness (QED) is 0.0421. The van der Waals surface area contributed by atoms with Gasteiger partial charge in [0.25, 0.3) is 0 Å². The number of rotatable bonds is 30. The molecule has 0 bridgehead atoms. The first-order valence-corrected chi connectivity index (χ1v) is 17.5. The van der Waals surface area contributed by atoms with Gasteiger partial charge in [-0.25, -0.2) is 4.79 Å². The molecule has 0 fully saturated rings. The van der Waals surface area contributed by atoms with E-state index in [1.807, 2.05) is 24.3 Å². The van der Waals surface area contributed by atoms with Crippen molar-refractivity contribution in [1.29, 1.82) is 0 Å². The van der Waals surface area contributed by atoms with Crippen molar-refractivity contribution in [3.63, 3.8) is 0 Å². The normalized spacial score (nSPS) is 13.3. The van der Waals surface area contributed by atoms with E-state index in [1.54, 1.807) is 0 Å². The van der Waals surface area contributed by atoms with Gasteiger partial charge in [-0.2, -0.15) is 0 Å². The first-order valence-electron chi connectivity index (χ1n) is 17.5. The van der Waals surface area contributed by atoms with Gasteiger partial charge in [0.05, 0.1) is 0 Å². The fraction of sp³-hybridized carbons (Fsp3) is 0.703. The van der Waals surface area contributed by atoms with Gasteiger partial charge in [-0.1, -0.05) is 95.2 Å². The van der Waals surface area contributed by atoms with Gasteiger partial charge in [-0.05, 0) is 95.7 Å². The second-order valence-corrected chi connectivity index (χ2v) is 11.5. The molecule has 0 heterocycles. The minimum absolute atomic E-state index is 0.156. The topological polar surface area (TPSA) is 119 Å². The average molecular weight is 617 g/mol. The van der Waals surface area contributed by atoms with Crippen molar-refractivity contribution < 1.29 is 24.2 Å². The number of carbonyl (C=O) groups is 3. The monoisotopic (exact) mass is 616 g/mol. The minimum atomic E-state index is -1.02. The summed E-state index contributed by atoms with van der Waals surface area (Å²) in [5.41, 5.74) is 5.45. The van der Waals surface area contributed by atoms with Crippen LogP contribution in [0, 0.1) is 0 Å². The van der Waals surface area contributed by atoms with E-state index in [0.717, 1.165) is 57.8 Å². The summed E-state index contributed by atoms with van der Waals surface area (Å²) in [5.74, 6) is -1.42. The van der Waals surface area contributed by atoms with Gasteiger partial charge >= 0.3 is 11.9 Å². The van der Waals surface area contributed by atoms with E-state index in [2.05, 4.69) is 43.5 Å². The van der Waals surface area contributed by atoms with Crippen LogP contribution in [0.1, 0.15) is 149 Å². The summed E-state index contributed by atoms with van der Waals surface area (Å²) >= 11 is 0. The Hall–Kier alpha value is -2.67. The third-order valence-electron chi connectivity index (χ3n) is 7.34. The lowest BCUT2D eigenvalue weighted by Gasteiger charge is -2.13. The van der Waals surface area contributed by atoms with Gasteiger partial charge in [-0.3, -0.25) is 9.59 Å². The molecule has 0 saturated carbocycles. The summed E-state index contributed by atoms with van der Waals surface area (Å²) in [6.07, 6.45) is 36.3. The number of unbranched alkanes of at least 4 members (excludes halogenated alkanes) is 12. The summed E-state index contributed by atoms with van der Waals surface area (Å²) in [6, 6.07) is -0.874. The number of esters is 1. The minimum Gasteiger partial charge on any atom is -0.480 e. The number of carbonyl (C=O) groups excluding carboxylic acids is 2. The third-order valence-corrected chi connectivity index (χ3v) is 7.34. The number of carboxylic acid groups (broad SMARTS) is 1. The summed E-state index contributed by atoms with van der Waals surface area (Å²) in [4.78, 5) is 35.9. The van der Waals surface area contributed by atoms with Crippen LogP contribution in [0.3, 0.4) is 0 Å². The lowest BCUT2D eigenvalue weighted by atomic mass is 10.1. The van der Waals surface area contributed by atoms with Crippen LogP contribution in [0.15, 0.2) is 48.6 Å². The number of hydrogen-bond acceptors (Lipinski definition) is 5. The van der Waals surface area contributed by atoms with E-state index in [9.17, 15) is 19.5 Å². The van der Waals surface area contributed by atoms with Crippen LogP contribution in [0.2, 0.25) is 0 Å². The van der Waals surface area contributed by atoms with Crippen molar-refractivity contribution >= 4 is 17.8 Å². The molecule has 0 saturated heterocycles. The Morgan fingerprint density at radius 2 is 1.30 bits per heavy atom. The van der Waals surface area contributed by atoms with E-state index < -0.39 is 12.0 Å². The van der Waals surface area contributed by atoms with Crippen LogP contribution >= 0.6 is 0 Å². The summed E-state index contributed by atoms with van der Waals surface area (Å²) in [6.45, 7) is 4.74. The maximum absolute atomic E-state index is 12.5.